The van der Waals surface area contributed by atoms with Crippen molar-refractivity contribution < 1.29 is 9.53 Å². The van der Waals surface area contributed by atoms with E-state index in [2.05, 4.69) is 10.6 Å². The maximum atomic E-state index is 11.4. The Kier molecular flexibility index (Phi) is 4.31. The van der Waals surface area contributed by atoms with Crippen molar-refractivity contribution in [2.75, 3.05) is 26.0 Å². The minimum atomic E-state index is -0.0796. The molecule has 1 rings (SSSR count). The zero-order valence-corrected chi connectivity index (χ0v) is 10.2. The number of anilines is 1. The summed E-state index contributed by atoms with van der Waals surface area (Å²) in [5, 5.41) is 5.60. The van der Waals surface area contributed by atoms with Crippen molar-refractivity contribution in [2.45, 2.75) is 13.8 Å². The molecular weight excluding hydrogens is 204 g/mol. The molecule has 4 nitrogen and oxygen atoms in total. The fraction of sp³-hybridized carbons (Fsp3) is 0.417. The first-order valence-electron chi connectivity index (χ1n) is 5.18. The van der Waals surface area contributed by atoms with Gasteiger partial charge in [-0.25, -0.2) is 0 Å². The second kappa shape index (κ2) is 5.51. The van der Waals surface area contributed by atoms with Crippen LogP contribution in [0.4, 0.5) is 5.69 Å². The van der Waals surface area contributed by atoms with Gasteiger partial charge in [0.05, 0.1) is 19.3 Å². The van der Waals surface area contributed by atoms with Gasteiger partial charge in [0, 0.05) is 0 Å². The van der Waals surface area contributed by atoms with Gasteiger partial charge in [0.15, 0.2) is 0 Å². The summed E-state index contributed by atoms with van der Waals surface area (Å²) in [6.07, 6.45) is 0. The summed E-state index contributed by atoms with van der Waals surface area (Å²) >= 11 is 0. The molecule has 0 atom stereocenters. The van der Waals surface area contributed by atoms with Gasteiger partial charge >= 0.3 is 0 Å². The van der Waals surface area contributed by atoms with Crippen LogP contribution in [0, 0.1) is 13.8 Å². The van der Waals surface area contributed by atoms with Gasteiger partial charge in [-0.3, -0.25) is 4.79 Å². The molecule has 1 aromatic rings. The molecule has 0 aliphatic rings. The fourth-order valence-electron chi connectivity index (χ4n) is 1.41. The number of methoxy groups -OCH3 is 1. The van der Waals surface area contributed by atoms with Crippen LogP contribution in [-0.2, 0) is 4.79 Å². The molecule has 1 aromatic carbocycles. The van der Waals surface area contributed by atoms with E-state index in [0.717, 1.165) is 11.1 Å². The first-order valence-corrected chi connectivity index (χ1v) is 5.18. The maximum Gasteiger partial charge on any atom is 0.238 e. The molecule has 0 fully saturated rings. The molecule has 0 aromatic heterocycles. The summed E-state index contributed by atoms with van der Waals surface area (Å²) in [5.41, 5.74) is 2.98. The lowest BCUT2D eigenvalue weighted by molar-refractivity contribution is -0.115. The van der Waals surface area contributed by atoms with Gasteiger partial charge in [-0.15, -0.1) is 0 Å². The van der Waals surface area contributed by atoms with E-state index in [1.165, 1.54) is 0 Å². The Bertz CT molecular complexity index is 389. The molecule has 0 aliphatic heterocycles. The van der Waals surface area contributed by atoms with E-state index in [4.69, 9.17) is 4.74 Å². The lowest BCUT2D eigenvalue weighted by atomic mass is 10.1. The van der Waals surface area contributed by atoms with E-state index >= 15 is 0 Å². The van der Waals surface area contributed by atoms with Crippen molar-refractivity contribution in [3.63, 3.8) is 0 Å². The topological polar surface area (TPSA) is 50.4 Å². The molecule has 0 aliphatic carbocycles. The minimum absolute atomic E-state index is 0.0796. The van der Waals surface area contributed by atoms with Crippen LogP contribution >= 0.6 is 0 Å². The second-order valence-electron chi connectivity index (χ2n) is 3.72. The Hall–Kier alpha value is -1.55. The van der Waals surface area contributed by atoms with Gasteiger partial charge in [-0.2, -0.15) is 0 Å². The molecule has 0 spiro atoms. The van der Waals surface area contributed by atoms with E-state index < -0.39 is 0 Å². The number of carbonyl (C=O) groups is 1. The summed E-state index contributed by atoms with van der Waals surface area (Å²) in [6.45, 7) is 4.30. The summed E-state index contributed by atoms with van der Waals surface area (Å²) in [5.74, 6) is 0.608. The summed E-state index contributed by atoms with van der Waals surface area (Å²) in [7, 11) is 3.33. The highest BCUT2D eigenvalue weighted by atomic mass is 16.5. The van der Waals surface area contributed by atoms with Crippen molar-refractivity contribution in [2.24, 2.45) is 0 Å². The Morgan fingerprint density at radius 1 is 1.31 bits per heavy atom. The Morgan fingerprint density at radius 3 is 2.50 bits per heavy atom. The Morgan fingerprint density at radius 2 is 1.94 bits per heavy atom. The van der Waals surface area contributed by atoms with Crippen LogP contribution in [0.1, 0.15) is 11.1 Å². The average Bonchev–Trinajstić information content (AvgIpc) is 2.23. The quantitative estimate of drug-likeness (QED) is 0.811. The van der Waals surface area contributed by atoms with E-state index in [0.29, 0.717) is 11.4 Å². The largest absolute Gasteiger partial charge is 0.495 e. The van der Waals surface area contributed by atoms with Crippen molar-refractivity contribution in [1.29, 1.82) is 0 Å². The Labute approximate surface area is 96.0 Å². The van der Waals surface area contributed by atoms with Gasteiger partial charge < -0.3 is 15.4 Å². The summed E-state index contributed by atoms with van der Waals surface area (Å²) < 4.78 is 5.23. The molecule has 2 N–H and O–H groups in total. The average molecular weight is 222 g/mol. The van der Waals surface area contributed by atoms with Gasteiger partial charge in [0.2, 0.25) is 5.91 Å². The fourth-order valence-corrected chi connectivity index (χ4v) is 1.41. The standard InChI is InChI=1S/C12H18N2O2/c1-8-5-10(14-12(15)7-13-3)11(16-4)6-9(8)2/h5-6,13H,7H2,1-4H3,(H,14,15). The lowest BCUT2D eigenvalue weighted by Gasteiger charge is -2.12. The molecule has 0 bridgehead atoms. The number of carbonyl (C=O) groups excluding carboxylic acids is 1. The van der Waals surface area contributed by atoms with Crippen LogP contribution in [-0.4, -0.2) is 26.6 Å². The highest BCUT2D eigenvalue weighted by Gasteiger charge is 2.08. The smallest absolute Gasteiger partial charge is 0.238 e. The third-order valence-electron chi connectivity index (χ3n) is 2.43. The highest BCUT2D eigenvalue weighted by Crippen LogP contribution is 2.27. The monoisotopic (exact) mass is 222 g/mol. The number of amides is 1. The first-order chi connectivity index (χ1) is 7.58. The molecular formula is C12H18N2O2. The molecule has 88 valence electrons. The predicted octanol–water partition coefficient (Wildman–Crippen LogP) is 1.47. The Balaban J connectivity index is 2.94. The number of hydrogen-bond acceptors (Lipinski definition) is 3. The third-order valence-corrected chi connectivity index (χ3v) is 2.43. The highest BCUT2D eigenvalue weighted by molar-refractivity contribution is 5.93. The molecule has 0 heterocycles. The normalized spacial score (nSPS) is 10.0. The zero-order valence-electron chi connectivity index (χ0n) is 10.2. The second-order valence-corrected chi connectivity index (χ2v) is 3.72. The molecule has 1 amide bonds. The van der Waals surface area contributed by atoms with E-state index in [1.54, 1.807) is 14.2 Å². The van der Waals surface area contributed by atoms with Crippen LogP contribution in [0.5, 0.6) is 5.75 Å². The third kappa shape index (κ3) is 2.97. The van der Waals surface area contributed by atoms with Gasteiger partial charge in [-0.1, -0.05) is 0 Å². The number of rotatable bonds is 4. The van der Waals surface area contributed by atoms with Gasteiger partial charge in [0.1, 0.15) is 5.75 Å². The number of nitrogens with one attached hydrogen (secondary N) is 2. The molecule has 16 heavy (non-hydrogen) atoms. The van der Waals surface area contributed by atoms with Gasteiger partial charge in [0.25, 0.3) is 0 Å². The first kappa shape index (κ1) is 12.5. The van der Waals surface area contributed by atoms with Crippen molar-refractivity contribution in [3.05, 3.63) is 23.3 Å². The van der Waals surface area contributed by atoms with Crippen molar-refractivity contribution in [3.8, 4) is 5.75 Å². The molecule has 0 saturated heterocycles. The summed E-state index contributed by atoms with van der Waals surface area (Å²) in [4.78, 5) is 11.4. The van der Waals surface area contributed by atoms with Crippen LogP contribution < -0.4 is 15.4 Å². The van der Waals surface area contributed by atoms with Crippen LogP contribution in [0.2, 0.25) is 0 Å². The molecule has 0 unspecified atom stereocenters. The van der Waals surface area contributed by atoms with Crippen LogP contribution in [0.25, 0.3) is 0 Å². The molecule has 4 heteroatoms. The van der Waals surface area contributed by atoms with Crippen molar-refractivity contribution in [1.82, 2.24) is 5.32 Å². The van der Waals surface area contributed by atoms with Gasteiger partial charge in [-0.05, 0) is 44.2 Å². The number of ether oxygens (including phenoxy) is 1. The number of benzene rings is 1. The van der Waals surface area contributed by atoms with Crippen LogP contribution in [0.15, 0.2) is 12.1 Å². The number of likely N-dealkylation sites (N-methyl/N-ethyl adjacent to an activating group) is 1. The zero-order chi connectivity index (χ0) is 12.1. The molecule has 0 saturated carbocycles. The van der Waals surface area contributed by atoms with E-state index in [-0.39, 0.29) is 12.5 Å². The van der Waals surface area contributed by atoms with Crippen molar-refractivity contribution >= 4 is 11.6 Å². The SMILES string of the molecule is CNCC(=O)Nc1cc(C)c(C)cc1OC. The lowest BCUT2D eigenvalue weighted by Crippen LogP contribution is -2.25. The van der Waals surface area contributed by atoms with E-state index in [9.17, 15) is 4.79 Å². The molecule has 0 radical (unpaired) electrons. The summed E-state index contributed by atoms with van der Waals surface area (Å²) in [6, 6.07) is 3.84. The van der Waals surface area contributed by atoms with E-state index in [1.807, 2.05) is 26.0 Å². The minimum Gasteiger partial charge on any atom is -0.495 e. The predicted molar refractivity (Wildman–Crippen MR) is 65.0 cm³/mol. The van der Waals surface area contributed by atoms with Crippen LogP contribution in [0.3, 0.4) is 0 Å². The number of hydrogen-bond donors (Lipinski definition) is 2. The maximum absolute atomic E-state index is 11.4. The number of aryl methyl sites for hydroxylation is 2.